The number of fused-ring (bicyclic) bond motifs is 5. The van der Waals surface area contributed by atoms with Crippen LogP contribution in [-0.4, -0.2) is 24.2 Å². The van der Waals surface area contributed by atoms with Gasteiger partial charge >= 0.3 is 0 Å². The highest BCUT2D eigenvalue weighted by molar-refractivity contribution is 5.92. The summed E-state index contributed by atoms with van der Waals surface area (Å²) >= 11 is 0. The molecule has 0 heterocycles. The van der Waals surface area contributed by atoms with Crippen molar-refractivity contribution in [2.75, 3.05) is 7.05 Å². The zero-order chi connectivity index (χ0) is 22.5. The Morgan fingerprint density at radius 2 is 2.03 bits per heavy atom. The van der Waals surface area contributed by atoms with Crippen molar-refractivity contribution >= 4 is 5.91 Å². The molecule has 0 aromatic heterocycles. The second-order valence-electron chi connectivity index (χ2n) is 10.7. The third kappa shape index (κ3) is 3.58. The lowest BCUT2D eigenvalue weighted by molar-refractivity contribution is -0.0325. The summed E-state index contributed by atoms with van der Waals surface area (Å²) in [6.45, 7) is 3.26. The van der Waals surface area contributed by atoms with Crippen LogP contribution in [0.4, 0.5) is 0 Å². The van der Waals surface area contributed by atoms with Gasteiger partial charge in [0.1, 0.15) is 0 Å². The summed E-state index contributed by atoms with van der Waals surface area (Å²) in [6.07, 6.45) is 6.26. The van der Waals surface area contributed by atoms with Gasteiger partial charge in [-0.2, -0.15) is 0 Å². The molecule has 6 atom stereocenters. The highest BCUT2D eigenvalue weighted by Crippen LogP contribution is 2.62. The number of benzene rings is 2. The van der Waals surface area contributed by atoms with E-state index in [0.717, 1.165) is 37.8 Å². The number of aliphatic hydroxyl groups is 1. The summed E-state index contributed by atoms with van der Waals surface area (Å²) in [5, 5.41) is 14.7. The largest absolute Gasteiger partial charge is 0.392 e. The van der Waals surface area contributed by atoms with Crippen LogP contribution < -0.4 is 11.1 Å². The molecule has 4 heteroatoms. The van der Waals surface area contributed by atoms with Crippen LogP contribution in [0.5, 0.6) is 0 Å². The Kier molecular flexibility index (Phi) is 5.63. The number of carbonyl (C=O) groups excluding carboxylic acids is 1. The first kappa shape index (κ1) is 21.7. The molecule has 0 aliphatic heterocycles. The van der Waals surface area contributed by atoms with Crippen molar-refractivity contribution in [2.24, 2.45) is 28.9 Å². The van der Waals surface area contributed by atoms with Crippen molar-refractivity contribution < 1.29 is 9.90 Å². The van der Waals surface area contributed by atoms with Gasteiger partial charge in [0.05, 0.1) is 6.10 Å². The number of aryl methyl sites for hydroxylation is 1. The average Bonchev–Trinajstić information content (AvgIpc) is 3.04. The van der Waals surface area contributed by atoms with Gasteiger partial charge in [0.2, 0.25) is 5.91 Å². The molecule has 4 nitrogen and oxygen atoms in total. The number of hydrogen-bond donors (Lipinski definition) is 3. The molecule has 2 aromatic rings. The van der Waals surface area contributed by atoms with Gasteiger partial charge in [-0.15, -0.1) is 0 Å². The van der Waals surface area contributed by atoms with Crippen LogP contribution in [0.25, 0.3) is 0 Å². The molecule has 2 aromatic carbocycles. The predicted molar refractivity (Wildman–Crippen MR) is 127 cm³/mol. The van der Waals surface area contributed by atoms with Gasteiger partial charge in [-0.1, -0.05) is 37.3 Å². The van der Waals surface area contributed by atoms with Crippen molar-refractivity contribution in [1.29, 1.82) is 0 Å². The lowest BCUT2D eigenvalue weighted by Gasteiger charge is -2.50. The van der Waals surface area contributed by atoms with Gasteiger partial charge in [0.25, 0.3) is 0 Å². The molecular formula is C28H36N2O2. The molecule has 2 fully saturated rings. The van der Waals surface area contributed by atoms with Gasteiger partial charge < -0.3 is 16.2 Å². The highest BCUT2D eigenvalue weighted by atomic mass is 16.3. The van der Waals surface area contributed by atoms with Gasteiger partial charge in [-0.25, -0.2) is 0 Å². The number of nitrogens with one attached hydrogen (secondary N) is 1. The first-order valence-corrected chi connectivity index (χ1v) is 12.2. The van der Waals surface area contributed by atoms with E-state index in [-0.39, 0.29) is 23.3 Å². The molecule has 0 spiro atoms. The maximum atomic E-state index is 11.6. The Hall–Kier alpha value is -2.17. The van der Waals surface area contributed by atoms with Crippen molar-refractivity contribution in [1.82, 2.24) is 5.32 Å². The fourth-order valence-corrected chi connectivity index (χ4v) is 7.45. The normalized spacial score (nSPS) is 33.3. The average molecular weight is 433 g/mol. The van der Waals surface area contributed by atoms with E-state index in [4.69, 9.17) is 5.73 Å². The maximum absolute atomic E-state index is 11.6. The molecular weight excluding hydrogens is 396 g/mol. The number of nitrogens with two attached hydrogens (primary N) is 1. The van der Waals surface area contributed by atoms with E-state index < -0.39 is 0 Å². The molecule has 1 amide bonds. The van der Waals surface area contributed by atoms with Gasteiger partial charge in [0.15, 0.2) is 0 Å². The smallest absolute Gasteiger partial charge is 0.248 e. The Labute approximate surface area is 191 Å². The van der Waals surface area contributed by atoms with Crippen LogP contribution in [0.1, 0.15) is 71.1 Å². The molecule has 3 aliphatic rings. The summed E-state index contributed by atoms with van der Waals surface area (Å²) in [4.78, 5) is 11.6. The molecule has 170 valence electrons. The van der Waals surface area contributed by atoms with E-state index in [2.05, 4.69) is 36.5 Å². The van der Waals surface area contributed by atoms with Gasteiger partial charge in [-0.05, 0) is 109 Å². The Balaban J connectivity index is 1.38. The molecule has 5 rings (SSSR count). The lowest BCUT2D eigenvalue weighted by atomic mass is 9.55. The van der Waals surface area contributed by atoms with E-state index in [0.29, 0.717) is 23.3 Å². The Morgan fingerprint density at radius 1 is 1.19 bits per heavy atom. The number of aliphatic hydroxyl groups excluding tert-OH is 1. The third-order valence-corrected chi connectivity index (χ3v) is 9.00. The number of amides is 1. The summed E-state index contributed by atoms with van der Waals surface area (Å²) in [7, 11) is 2.00. The summed E-state index contributed by atoms with van der Waals surface area (Å²) in [5.41, 5.74) is 11.6. The first-order chi connectivity index (χ1) is 15.4. The molecule has 4 N–H and O–H groups in total. The van der Waals surface area contributed by atoms with E-state index in [1.165, 1.54) is 18.4 Å². The quantitative estimate of drug-likeness (QED) is 0.663. The maximum Gasteiger partial charge on any atom is 0.248 e. The predicted octanol–water partition coefficient (Wildman–Crippen LogP) is 4.19. The van der Waals surface area contributed by atoms with Crippen molar-refractivity contribution in [3.8, 4) is 0 Å². The van der Waals surface area contributed by atoms with E-state index >= 15 is 0 Å². The minimum absolute atomic E-state index is 0.00327. The van der Waals surface area contributed by atoms with Crippen LogP contribution >= 0.6 is 0 Å². The van der Waals surface area contributed by atoms with Gasteiger partial charge in [-0.3, -0.25) is 4.79 Å². The summed E-state index contributed by atoms with van der Waals surface area (Å²) in [6, 6.07) is 14.7. The zero-order valence-electron chi connectivity index (χ0n) is 19.3. The van der Waals surface area contributed by atoms with Crippen LogP contribution in [-0.2, 0) is 19.4 Å². The minimum atomic E-state index is -0.388. The molecule has 0 bridgehead atoms. The van der Waals surface area contributed by atoms with Crippen molar-refractivity contribution in [3.63, 3.8) is 0 Å². The Bertz CT molecular complexity index is 1020. The molecule has 0 saturated heterocycles. The second kappa shape index (κ2) is 8.31. The topological polar surface area (TPSA) is 75.3 Å². The minimum Gasteiger partial charge on any atom is -0.392 e. The lowest BCUT2D eigenvalue weighted by Crippen LogP contribution is -2.44. The fraction of sp³-hybridized carbons (Fsp3) is 0.536. The second-order valence-corrected chi connectivity index (χ2v) is 10.7. The molecule has 2 saturated carbocycles. The molecule has 3 unspecified atom stereocenters. The van der Waals surface area contributed by atoms with Crippen LogP contribution in [0.2, 0.25) is 0 Å². The molecule has 32 heavy (non-hydrogen) atoms. The van der Waals surface area contributed by atoms with Crippen molar-refractivity contribution in [2.45, 2.75) is 64.0 Å². The SMILES string of the molecule is CNCc1ccc2c(c1)CCC1C2CC[C@@]2(C)C1C[C@H](Cc1cccc(C(N)=O)c1)[C@@H]2O. The summed E-state index contributed by atoms with van der Waals surface area (Å²) in [5.74, 6) is 1.70. The number of carbonyl (C=O) groups is 1. The molecule has 3 aliphatic carbocycles. The number of hydrogen-bond acceptors (Lipinski definition) is 3. The Morgan fingerprint density at radius 3 is 2.81 bits per heavy atom. The monoisotopic (exact) mass is 432 g/mol. The van der Waals surface area contributed by atoms with E-state index in [9.17, 15) is 9.90 Å². The zero-order valence-corrected chi connectivity index (χ0v) is 19.3. The standard InChI is InChI=1S/C28H36N2O2/c1-28-11-10-23-22-8-6-18(16-30-2)14-19(22)7-9-24(23)25(28)15-21(26(28)31)13-17-4-3-5-20(12-17)27(29)32/h3-6,8,12,14,21,23-26,30-31H,7,9-11,13,15-16H2,1-2H3,(H2,29,32)/t21-,23?,24?,25?,26-,28-/m0/s1. The number of primary amides is 1. The first-order valence-electron chi connectivity index (χ1n) is 12.2. The fourth-order valence-electron chi connectivity index (χ4n) is 7.45. The van der Waals surface area contributed by atoms with Crippen LogP contribution in [0.15, 0.2) is 42.5 Å². The number of rotatable bonds is 5. The third-order valence-electron chi connectivity index (χ3n) is 9.00. The van der Waals surface area contributed by atoms with E-state index in [1.54, 1.807) is 17.2 Å². The highest BCUT2D eigenvalue weighted by Gasteiger charge is 2.57. The van der Waals surface area contributed by atoms with Crippen LogP contribution in [0.3, 0.4) is 0 Å². The van der Waals surface area contributed by atoms with Crippen LogP contribution in [0, 0.1) is 23.2 Å². The van der Waals surface area contributed by atoms with Crippen molar-refractivity contribution in [3.05, 3.63) is 70.3 Å². The van der Waals surface area contributed by atoms with E-state index in [1.807, 2.05) is 19.2 Å². The molecule has 0 radical (unpaired) electrons. The van der Waals surface area contributed by atoms with Gasteiger partial charge in [0, 0.05) is 12.1 Å². The summed E-state index contributed by atoms with van der Waals surface area (Å²) < 4.78 is 0.